The minimum Gasteiger partial charge on any atom is -0.306 e. The number of nitrogens with zero attached hydrogens (tertiary/aromatic N) is 3. The highest BCUT2D eigenvalue weighted by molar-refractivity contribution is 5.11. The van der Waals surface area contributed by atoms with Crippen molar-refractivity contribution in [3.63, 3.8) is 0 Å². The molecule has 0 saturated carbocycles. The topological polar surface area (TPSA) is 29.0 Å². The molecule has 0 aliphatic heterocycles. The summed E-state index contributed by atoms with van der Waals surface area (Å²) in [5, 5.41) is 0. The number of pyridine rings is 2. The molecule has 0 spiro atoms. The summed E-state index contributed by atoms with van der Waals surface area (Å²) in [5.41, 5.74) is 2.70. The molecule has 0 fully saturated rings. The van der Waals surface area contributed by atoms with Gasteiger partial charge >= 0.3 is 0 Å². The summed E-state index contributed by atoms with van der Waals surface area (Å²) in [5.74, 6) is 0. The Morgan fingerprint density at radius 2 is 1.17 bits per heavy atom. The largest absolute Gasteiger partial charge is 0.306 e. The van der Waals surface area contributed by atoms with E-state index in [-0.39, 0.29) is 0 Å². The van der Waals surface area contributed by atoms with E-state index in [1.165, 1.54) is 11.1 Å². The van der Waals surface area contributed by atoms with Crippen molar-refractivity contribution in [2.24, 2.45) is 0 Å². The third-order valence-corrected chi connectivity index (χ3v) is 3.06. The minimum atomic E-state index is 1.08. The third kappa shape index (κ3) is 4.26. The zero-order chi connectivity index (χ0) is 12.6. The first-order valence-electron chi connectivity index (χ1n) is 6.31. The maximum atomic E-state index is 4.03. The van der Waals surface area contributed by atoms with Crippen LogP contribution in [0.5, 0.6) is 0 Å². The molecular formula is C15H19N3. The zero-order valence-electron chi connectivity index (χ0n) is 10.8. The van der Waals surface area contributed by atoms with Gasteiger partial charge in [-0.15, -0.1) is 0 Å². The van der Waals surface area contributed by atoms with Gasteiger partial charge < -0.3 is 4.90 Å². The number of aromatic nitrogens is 2. The molecule has 94 valence electrons. The van der Waals surface area contributed by atoms with E-state index in [4.69, 9.17) is 0 Å². The van der Waals surface area contributed by atoms with Gasteiger partial charge in [0.15, 0.2) is 0 Å². The van der Waals surface area contributed by atoms with Crippen LogP contribution in [0, 0.1) is 0 Å². The van der Waals surface area contributed by atoms with Crippen molar-refractivity contribution < 1.29 is 0 Å². The van der Waals surface area contributed by atoms with Gasteiger partial charge in [-0.2, -0.15) is 0 Å². The molecule has 0 aliphatic carbocycles. The van der Waals surface area contributed by atoms with Crippen LogP contribution < -0.4 is 0 Å². The second-order valence-electron chi connectivity index (χ2n) is 4.51. The summed E-state index contributed by atoms with van der Waals surface area (Å²) in [6, 6.07) is 8.32. The normalized spacial score (nSPS) is 10.8. The van der Waals surface area contributed by atoms with Crippen molar-refractivity contribution in [3.05, 3.63) is 60.2 Å². The fraction of sp³-hybridized carbons (Fsp3) is 0.333. The van der Waals surface area contributed by atoms with Crippen LogP contribution in [0.4, 0.5) is 0 Å². The molecule has 0 N–H and O–H groups in total. The van der Waals surface area contributed by atoms with Gasteiger partial charge in [-0.1, -0.05) is 0 Å². The smallest absolute Gasteiger partial charge is 0.0270 e. The molecule has 18 heavy (non-hydrogen) atoms. The number of likely N-dealkylation sites (N-methyl/N-ethyl adjacent to an activating group) is 1. The van der Waals surface area contributed by atoms with Crippen LogP contribution in [-0.2, 0) is 12.8 Å². The summed E-state index contributed by atoms with van der Waals surface area (Å²) < 4.78 is 0. The first kappa shape index (κ1) is 12.7. The molecule has 2 heterocycles. The van der Waals surface area contributed by atoms with Crippen molar-refractivity contribution in [1.82, 2.24) is 14.9 Å². The summed E-state index contributed by atoms with van der Waals surface area (Å²) in [7, 11) is 2.17. The fourth-order valence-corrected chi connectivity index (χ4v) is 1.85. The Hall–Kier alpha value is -1.74. The van der Waals surface area contributed by atoms with Crippen LogP contribution in [0.15, 0.2) is 49.1 Å². The van der Waals surface area contributed by atoms with Gasteiger partial charge in [0.25, 0.3) is 0 Å². The molecule has 2 aromatic heterocycles. The van der Waals surface area contributed by atoms with Gasteiger partial charge in [-0.25, -0.2) is 0 Å². The molecule has 0 bridgehead atoms. The monoisotopic (exact) mass is 241 g/mol. The van der Waals surface area contributed by atoms with Gasteiger partial charge in [0.05, 0.1) is 0 Å². The van der Waals surface area contributed by atoms with Gasteiger partial charge in [0.1, 0.15) is 0 Å². The van der Waals surface area contributed by atoms with Gasteiger partial charge in [-0.05, 0) is 55.3 Å². The van der Waals surface area contributed by atoms with Crippen molar-refractivity contribution >= 4 is 0 Å². The fourth-order valence-electron chi connectivity index (χ4n) is 1.85. The van der Waals surface area contributed by atoms with Gasteiger partial charge in [0, 0.05) is 37.9 Å². The Morgan fingerprint density at radius 1 is 0.778 bits per heavy atom. The van der Waals surface area contributed by atoms with Crippen LogP contribution in [0.25, 0.3) is 0 Å². The molecule has 0 radical (unpaired) electrons. The van der Waals surface area contributed by atoms with Crippen LogP contribution in [-0.4, -0.2) is 35.0 Å². The number of hydrogen-bond acceptors (Lipinski definition) is 3. The molecule has 0 aromatic carbocycles. The minimum absolute atomic E-state index is 1.08. The van der Waals surface area contributed by atoms with Crippen LogP contribution >= 0.6 is 0 Å². The summed E-state index contributed by atoms with van der Waals surface area (Å²) in [6.07, 6.45) is 9.57. The van der Waals surface area contributed by atoms with E-state index in [1.54, 1.807) is 0 Å². The molecule has 3 heteroatoms. The lowest BCUT2D eigenvalue weighted by molar-refractivity contribution is 0.343. The average Bonchev–Trinajstić information content (AvgIpc) is 2.45. The molecule has 0 atom stereocenters. The van der Waals surface area contributed by atoms with Crippen LogP contribution in [0.1, 0.15) is 11.1 Å². The molecular weight excluding hydrogens is 222 g/mol. The van der Waals surface area contributed by atoms with Gasteiger partial charge in [0.2, 0.25) is 0 Å². The SMILES string of the molecule is CN(CCc1ccncc1)CCc1ccncc1. The average molecular weight is 241 g/mol. The summed E-state index contributed by atoms with van der Waals surface area (Å²) in [4.78, 5) is 10.4. The summed E-state index contributed by atoms with van der Waals surface area (Å²) >= 11 is 0. The third-order valence-electron chi connectivity index (χ3n) is 3.06. The lowest BCUT2D eigenvalue weighted by Gasteiger charge is -2.16. The second-order valence-corrected chi connectivity index (χ2v) is 4.51. The van der Waals surface area contributed by atoms with Crippen molar-refractivity contribution in [3.8, 4) is 0 Å². The molecule has 3 nitrogen and oxygen atoms in total. The molecule has 0 unspecified atom stereocenters. The molecule has 0 saturated heterocycles. The van der Waals surface area contributed by atoms with Crippen molar-refractivity contribution in [1.29, 1.82) is 0 Å². The van der Waals surface area contributed by atoms with E-state index < -0.39 is 0 Å². The first-order valence-corrected chi connectivity index (χ1v) is 6.31. The molecule has 0 amide bonds. The van der Waals surface area contributed by atoms with E-state index in [1.807, 2.05) is 24.8 Å². The maximum Gasteiger partial charge on any atom is 0.0270 e. The van der Waals surface area contributed by atoms with Crippen LogP contribution in [0.3, 0.4) is 0 Å². The highest BCUT2D eigenvalue weighted by atomic mass is 15.1. The Balaban J connectivity index is 1.71. The van der Waals surface area contributed by atoms with Gasteiger partial charge in [-0.3, -0.25) is 9.97 Å². The Labute approximate surface area is 109 Å². The molecule has 0 aliphatic rings. The molecule has 2 rings (SSSR count). The zero-order valence-corrected chi connectivity index (χ0v) is 10.8. The van der Waals surface area contributed by atoms with Crippen molar-refractivity contribution in [2.75, 3.05) is 20.1 Å². The highest BCUT2D eigenvalue weighted by Gasteiger charge is 2.00. The molecule has 2 aromatic rings. The Bertz CT molecular complexity index is 398. The summed E-state index contributed by atoms with van der Waals surface area (Å²) in [6.45, 7) is 2.16. The quantitative estimate of drug-likeness (QED) is 0.776. The predicted molar refractivity (Wildman–Crippen MR) is 73.4 cm³/mol. The van der Waals surface area contributed by atoms with E-state index in [0.29, 0.717) is 0 Å². The van der Waals surface area contributed by atoms with E-state index in [0.717, 1.165) is 25.9 Å². The van der Waals surface area contributed by atoms with Crippen LogP contribution in [0.2, 0.25) is 0 Å². The van der Waals surface area contributed by atoms with Crippen molar-refractivity contribution in [2.45, 2.75) is 12.8 Å². The standard InChI is InChI=1S/C15H19N3/c1-18(12-6-14-2-8-16-9-3-14)13-7-15-4-10-17-11-5-15/h2-5,8-11H,6-7,12-13H2,1H3. The van der Waals surface area contributed by atoms with E-state index >= 15 is 0 Å². The maximum absolute atomic E-state index is 4.03. The Morgan fingerprint density at radius 3 is 1.56 bits per heavy atom. The Kier molecular flexibility index (Phi) is 4.85. The lowest BCUT2D eigenvalue weighted by Crippen LogP contribution is -2.23. The lowest BCUT2D eigenvalue weighted by atomic mass is 10.1. The predicted octanol–water partition coefficient (Wildman–Crippen LogP) is 2.19. The van der Waals surface area contributed by atoms with E-state index in [9.17, 15) is 0 Å². The van der Waals surface area contributed by atoms with E-state index in [2.05, 4.69) is 46.2 Å². The number of rotatable bonds is 6. The highest BCUT2D eigenvalue weighted by Crippen LogP contribution is 2.01. The second kappa shape index (κ2) is 6.87. The number of hydrogen-bond donors (Lipinski definition) is 0. The first-order chi connectivity index (χ1) is 8.84.